The molecule has 0 saturated heterocycles. The van der Waals surface area contributed by atoms with Crippen molar-refractivity contribution in [1.82, 2.24) is 4.90 Å². The fourth-order valence-electron chi connectivity index (χ4n) is 1.96. The molecule has 0 aliphatic rings. The summed E-state index contributed by atoms with van der Waals surface area (Å²) in [7, 11) is 1.41. The fourth-order valence-corrected chi connectivity index (χ4v) is 1.96. The number of nitrogens with zero attached hydrogens (tertiary/aromatic N) is 1. The molecule has 0 heterocycles. The third-order valence-electron chi connectivity index (χ3n) is 3.01. The molecule has 0 aliphatic carbocycles. The first kappa shape index (κ1) is 14.8. The number of benzene rings is 2. The van der Waals surface area contributed by atoms with E-state index in [1.54, 1.807) is 12.1 Å². The Kier molecular flexibility index (Phi) is 4.07. The smallest absolute Gasteiger partial charge is 0.259 e. The number of anilines is 1. The summed E-state index contributed by atoms with van der Waals surface area (Å²) in [6.07, 6.45) is 0. The van der Waals surface area contributed by atoms with Gasteiger partial charge in [0.2, 0.25) is 0 Å². The number of nitrogen functional groups attached to an aromatic ring is 1. The summed E-state index contributed by atoms with van der Waals surface area (Å²) in [6, 6.07) is 8.28. The van der Waals surface area contributed by atoms with E-state index in [4.69, 9.17) is 5.73 Å². The monoisotopic (exact) mass is 292 g/mol. The number of rotatable bonds is 3. The van der Waals surface area contributed by atoms with Crippen molar-refractivity contribution in [3.8, 4) is 5.75 Å². The van der Waals surface area contributed by atoms with Crippen molar-refractivity contribution in [3.05, 3.63) is 59.2 Å². The van der Waals surface area contributed by atoms with E-state index >= 15 is 0 Å². The topological polar surface area (TPSA) is 66.6 Å². The summed E-state index contributed by atoms with van der Waals surface area (Å²) in [5.74, 6) is -2.80. The van der Waals surface area contributed by atoms with E-state index in [0.717, 1.165) is 17.0 Å². The first-order valence-electron chi connectivity index (χ1n) is 6.17. The third kappa shape index (κ3) is 3.10. The Bertz CT molecular complexity index is 689. The minimum absolute atomic E-state index is 0.0506. The van der Waals surface area contributed by atoms with E-state index in [-0.39, 0.29) is 18.0 Å². The molecule has 0 atom stereocenters. The van der Waals surface area contributed by atoms with E-state index in [1.807, 2.05) is 0 Å². The maximum Gasteiger partial charge on any atom is 0.259 e. The van der Waals surface area contributed by atoms with Crippen LogP contribution in [0.1, 0.15) is 15.9 Å². The second-order valence-corrected chi connectivity index (χ2v) is 4.66. The molecule has 21 heavy (non-hydrogen) atoms. The van der Waals surface area contributed by atoms with Crippen LogP contribution in [0, 0.1) is 11.6 Å². The van der Waals surface area contributed by atoms with E-state index in [9.17, 15) is 18.7 Å². The molecule has 1 amide bonds. The Morgan fingerprint density at radius 1 is 1.29 bits per heavy atom. The summed E-state index contributed by atoms with van der Waals surface area (Å²) < 4.78 is 27.5. The predicted octanol–water partition coefficient (Wildman–Crippen LogP) is 2.52. The molecule has 110 valence electrons. The lowest BCUT2D eigenvalue weighted by Crippen LogP contribution is -2.28. The zero-order valence-electron chi connectivity index (χ0n) is 11.3. The van der Waals surface area contributed by atoms with Crippen LogP contribution in [0.4, 0.5) is 14.5 Å². The maximum absolute atomic E-state index is 13.8. The van der Waals surface area contributed by atoms with Crippen molar-refractivity contribution in [2.75, 3.05) is 12.8 Å². The molecule has 6 heteroatoms. The Morgan fingerprint density at radius 3 is 2.67 bits per heavy atom. The van der Waals surface area contributed by atoms with Gasteiger partial charge in [-0.05, 0) is 29.8 Å². The van der Waals surface area contributed by atoms with Gasteiger partial charge >= 0.3 is 0 Å². The quantitative estimate of drug-likeness (QED) is 0.854. The highest BCUT2D eigenvalue weighted by atomic mass is 19.1. The van der Waals surface area contributed by atoms with Gasteiger partial charge in [-0.3, -0.25) is 4.79 Å². The molecule has 0 aromatic heterocycles. The Balaban J connectivity index is 2.26. The van der Waals surface area contributed by atoms with Crippen molar-refractivity contribution in [3.63, 3.8) is 0 Å². The molecule has 0 aliphatic heterocycles. The maximum atomic E-state index is 13.8. The van der Waals surface area contributed by atoms with E-state index in [1.165, 1.54) is 19.2 Å². The van der Waals surface area contributed by atoms with Crippen molar-refractivity contribution < 1.29 is 18.7 Å². The molecule has 4 nitrogen and oxygen atoms in total. The Labute approximate surface area is 120 Å². The van der Waals surface area contributed by atoms with Crippen LogP contribution >= 0.6 is 0 Å². The largest absolute Gasteiger partial charge is 0.508 e. The van der Waals surface area contributed by atoms with Gasteiger partial charge in [0.15, 0.2) is 5.82 Å². The van der Waals surface area contributed by atoms with Crippen LogP contribution in [0.3, 0.4) is 0 Å². The summed E-state index contributed by atoms with van der Waals surface area (Å²) in [6.45, 7) is 0.0981. The van der Waals surface area contributed by atoms with Crippen LogP contribution in [-0.4, -0.2) is 23.0 Å². The first-order chi connectivity index (χ1) is 9.90. The van der Waals surface area contributed by atoms with Gasteiger partial charge in [0, 0.05) is 13.6 Å². The highest BCUT2D eigenvalue weighted by molar-refractivity contribution is 5.95. The lowest BCUT2D eigenvalue weighted by molar-refractivity contribution is 0.0775. The number of carbonyl (C=O) groups excluding carboxylic acids is 1. The molecule has 0 fully saturated rings. The molecular weight excluding hydrogens is 278 g/mol. The van der Waals surface area contributed by atoms with Crippen LogP contribution < -0.4 is 5.73 Å². The number of halogens is 2. The van der Waals surface area contributed by atoms with Crippen molar-refractivity contribution in [2.45, 2.75) is 6.54 Å². The predicted molar refractivity (Wildman–Crippen MR) is 74.7 cm³/mol. The summed E-state index contributed by atoms with van der Waals surface area (Å²) in [5, 5.41) is 9.37. The van der Waals surface area contributed by atoms with Crippen LogP contribution in [0.15, 0.2) is 36.4 Å². The average Bonchev–Trinajstić information content (AvgIpc) is 2.43. The number of amides is 1. The first-order valence-corrected chi connectivity index (χ1v) is 6.17. The summed E-state index contributed by atoms with van der Waals surface area (Å²) >= 11 is 0. The molecular formula is C15H14F2N2O2. The number of aromatic hydroxyl groups is 1. The Hall–Kier alpha value is -2.63. The molecule has 2 aromatic rings. The molecule has 0 saturated carbocycles. The average molecular weight is 292 g/mol. The number of phenols is 1. The number of hydrogen-bond donors (Lipinski definition) is 2. The van der Waals surface area contributed by atoms with Gasteiger partial charge in [-0.1, -0.05) is 12.1 Å². The van der Waals surface area contributed by atoms with Crippen LogP contribution in [-0.2, 0) is 6.54 Å². The lowest BCUT2D eigenvalue weighted by Gasteiger charge is -2.18. The molecule has 0 unspecified atom stereocenters. The van der Waals surface area contributed by atoms with Crippen LogP contribution in [0.25, 0.3) is 0 Å². The van der Waals surface area contributed by atoms with Gasteiger partial charge in [-0.25, -0.2) is 8.78 Å². The van der Waals surface area contributed by atoms with Crippen molar-refractivity contribution in [1.29, 1.82) is 0 Å². The van der Waals surface area contributed by atoms with E-state index in [0.29, 0.717) is 5.56 Å². The minimum atomic E-state index is -1.07. The van der Waals surface area contributed by atoms with Gasteiger partial charge in [0.05, 0.1) is 5.69 Å². The molecule has 0 bridgehead atoms. The highest BCUT2D eigenvalue weighted by Gasteiger charge is 2.22. The van der Waals surface area contributed by atoms with Crippen molar-refractivity contribution in [2.24, 2.45) is 0 Å². The lowest BCUT2D eigenvalue weighted by atomic mass is 10.1. The molecule has 0 radical (unpaired) electrons. The third-order valence-corrected chi connectivity index (χ3v) is 3.01. The summed E-state index contributed by atoms with van der Waals surface area (Å²) in [5.41, 5.74) is 5.02. The molecule has 2 aromatic carbocycles. The number of nitrogens with two attached hydrogens (primary N) is 1. The molecule has 2 rings (SSSR count). The van der Waals surface area contributed by atoms with E-state index in [2.05, 4.69) is 0 Å². The second-order valence-electron chi connectivity index (χ2n) is 4.66. The summed E-state index contributed by atoms with van der Waals surface area (Å²) in [4.78, 5) is 13.3. The SMILES string of the molecule is CN(Cc1cccc(O)c1)C(=O)c1c(F)ccc(N)c1F. The standard InChI is InChI=1S/C15H14F2N2O2/c1-19(8-9-3-2-4-10(20)7-9)15(21)13-11(16)5-6-12(18)14(13)17/h2-7,20H,8,18H2,1H3. The van der Waals surface area contributed by atoms with Gasteiger partial charge < -0.3 is 15.7 Å². The minimum Gasteiger partial charge on any atom is -0.508 e. The zero-order chi connectivity index (χ0) is 15.6. The normalized spacial score (nSPS) is 10.4. The number of hydrogen-bond acceptors (Lipinski definition) is 3. The number of phenolic OH excluding ortho intramolecular Hbond substituents is 1. The van der Waals surface area contributed by atoms with Crippen LogP contribution in [0.2, 0.25) is 0 Å². The molecule has 0 spiro atoms. The zero-order valence-corrected chi connectivity index (χ0v) is 11.3. The van der Waals surface area contributed by atoms with Gasteiger partial charge in [0.1, 0.15) is 17.1 Å². The van der Waals surface area contributed by atoms with Crippen LogP contribution in [0.5, 0.6) is 5.75 Å². The van der Waals surface area contributed by atoms with Gasteiger partial charge in [-0.2, -0.15) is 0 Å². The van der Waals surface area contributed by atoms with Crippen molar-refractivity contribution >= 4 is 11.6 Å². The number of carbonyl (C=O) groups is 1. The highest BCUT2D eigenvalue weighted by Crippen LogP contribution is 2.21. The second kappa shape index (κ2) is 5.78. The molecule has 3 N–H and O–H groups in total. The Morgan fingerprint density at radius 2 is 2.00 bits per heavy atom. The van der Waals surface area contributed by atoms with Gasteiger partial charge in [0.25, 0.3) is 5.91 Å². The van der Waals surface area contributed by atoms with Gasteiger partial charge in [-0.15, -0.1) is 0 Å². The van der Waals surface area contributed by atoms with E-state index < -0.39 is 23.1 Å². The fraction of sp³-hybridized carbons (Fsp3) is 0.133.